The third-order valence-electron chi connectivity index (χ3n) is 4.33. The summed E-state index contributed by atoms with van der Waals surface area (Å²) in [5, 5.41) is 10.6. The van der Waals surface area contributed by atoms with E-state index in [1.807, 2.05) is 12.1 Å². The van der Waals surface area contributed by atoms with Gasteiger partial charge in [-0.2, -0.15) is 0 Å². The zero-order valence-electron chi connectivity index (χ0n) is 13.3. The highest BCUT2D eigenvalue weighted by atomic mass is 16.5. The smallest absolute Gasteiger partial charge is 0.123 e. The SMILES string of the molecule is CCCCC(CC)C(O)c1ccc2c(c1)CC(C)(C)O2. The van der Waals surface area contributed by atoms with E-state index in [-0.39, 0.29) is 11.7 Å². The Labute approximate surface area is 123 Å². The summed E-state index contributed by atoms with van der Waals surface area (Å²) in [6.45, 7) is 8.59. The first-order valence-corrected chi connectivity index (χ1v) is 7.96. The van der Waals surface area contributed by atoms with Crippen LogP contribution in [0.5, 0.6) is 5.75 Å². The molecule has 0 radical (unpaired) electrons. The molecular weight excluding hydrogens is 248 g/mol. The topological polar surface area (TPSA) is 29.5 Å². The van der Waals surface area contributed by atoms with Crippen LogP contribution in [0.1, 0.15) is 70.6 Å². The number of rotatable bonds is 6. The van der Waals surface area contributed by atoms with Gasteiger partial charge in [0.05, 0.1) is 6.10 Å². The highest BCUT2D eigenvalue weighted by Gasteiger charge is 2.31. The molecule has 2 rings (SSSR count). The lowest BCUT2D eigenvalue weighted by atomic mass is 9.88. The van der Waals surface area contributed by atoms with Gasteiger partial charge in [-0.05, 0) is 49.4 Å². The number of ether oxygens (including phenoxy) is 1. The van der Waals surface area contributed by atoms with Crippen molar-refractivity contribution >= 4 is 0 Å². The van der Waals surface area contributed by atoms with Crippen LogP contribution in [0.3, 0.4) is 0 Å². The lowest BCUT2D eigenvalue weighted by Gasteiger charge is -2.22. The summed E-state index contributed by atoms with van der Waals surface area (Å²) in [6, 6.07) is 6.19. The Morgan fingerprint density at radius 3 is 2.70 bits per heavy atom. The van der Waals surface area contributed by atoms with Crippen molar-refractivity contribution in [1.82, 2.24) is 0 Å². The van der Waals surface area contributed by atoms with Crippen molar-refractivity contribution in [2.45, 2.75) is 71.5 Å². The largest absolute Gasteiger partial charge is 0.487 e. The lowest BCUT2D eigenvalue weighted by Crippen LogP contribution is -2.24. The van der Waals surface area contributed by atoms with E-state index in [0.717, 1.165) is 30.6 Å². The van der Waals surface area contributed by atoms with Gasteiger partial charge >= 0.3 is 0 Å². The van der Waals surface area contributed by atoms with Gasteiger partial charge in [0, 0.05) is 6.42 Å². The van der Waals surface area contributed by atoms with Crippen molar-refractivity contribution < 1.29 is 9.84 Å². The fourth-order valence-electron chi connectivity index (χ4n) is 3.14. The van der Waals surface area contributed by atoms with E-state index >= 15 is 0 Å². The average Bonchev–Trinajstić information content (AvgIpc) is 2.72. The van der Waals surface area contributed by atoms with Crippen LogP contribution < -0.4 is 4.74 Å². The first kappa shape index (κ1) is 15.4. The lowest BCUT2D eigenvalue weighted by molar-refractivity contribution is 0.0988. The summed E-state index contributed by atoms with van der Waals surface area (Å²) in [5.74, 6) is 1.34. The van der Waals surface area contributed by atoms with Crippen LogP contribution in [-0.4, -0.2) is 10.7 Å². The molecule has 2 nitrogen and oxygen atoms in total. The van der Waals surface area contributed by atoms with Gasteiger partial charge in [-0.15, -0.1) is 0 Å². The molecule has 0 amide bonds. The minimum absolute atomic E-state index is 0.113. The van der Waals surface area contributed by atoms with Gasteiger partial charge < -0.3 is 9.84 Å². The molecule has 0 spiro atoms. The Balaban J connectivity index is 2.13. The fourth-order valence-corrected chi connectivity index (χ4v) is 3.14. The molecule has 1 heterocycles. The second-order valence-corrected chi connectivity index (χ2v) is 6.66. The Kier molecular flexibility index (Phi) is 4.74. The number of aliphatic hydroxyl groups excluding tert-OH is 1. The normalized spacial score (nSPS) is 19.2. The van der Waals surface area contributed by atoms with Crippen molar-refractivity contribution in [3.63, 3.8) is 0 Å². The molecule has 1 aromatic carbocycles. The predicted octanol–water partition coefficient (Wildman–Crippen LogP) is 4.65. The molecular formula is C18H28O2. The van der Waals surface area contributed by atoms with Gasteiger partial charge in [0.25, 0.3) is 0 Å². The monoisotopic (exact) mass is 276 g/mol. The van der Waals surface area contributed by atoms with Crippen LogP contribution in [-0.2, 0) is 6.42 Å². The number of benzene rings is 1. The molecule has 20 heavy (non-hydrogen) atoms. The van der Waals surface area contributed by atoms with Crippen molar-refractivity contribution in [2.75, 3.05) is 0 Å². The third-order valence-corrected chi connectivity index (χ3v) is 4.33. The van der Waals surface area contributed by atoms with Crippen LogP contribution in [0.25, 0.3) is 0 Å². The summed E-state index contributed by atoms with van der Waals surface area (Å²) in [5.41, 5.74) is 2.17. The first-order valence-electron chi connectivity index (χ1n) is 7.96. The first-order chi connectivity index (χ1) is 9.46. The molecule has 0 bridgehead atoms. The Morgan fingerprint density at radius 1 is 1.30 bits per heavy atom. The van der Waals surface area contributed by atoms with Crippen LogP contribution in [0.2, 0.25) is 0 Å². The molecule has 0 fully saturated rings. The van der Waals surface area contributed by atoms with Gasteiger partial charge in [-0.25, -0.2) is 0 Å². The van der Waals surface area contributed by atoms with E-state index in [4.69, 9.17) is 4.74 Å². The predicted molar refractivity (Wildman–Crippen MR) is 83.1 cm³/mol. The summed E-state index contributed by atoms with van der Waals surface area (Å²) in [7, 11) is 0. The van der Waals surface area contributed by atoms with Gasteiger partial charge in [-0.1, -0.05) is 39.2 Å². The minimum Gasteiger partial charge on any atom is -0.487 e. The Bertz CT molecular complexity index is 451. The molecule has 1 N–H and O–H groups in total. The maximum absolute atomic E-state index is 10.6. The van der Waals surface area contributed by atoms with E-state index in [2.05, 4.69) is 33.8 Å². The molecule has 2 atom stereocenters. The fraction of sp³-hybridized carbons (Fsp3) is 0.667. The van der Waals surface area contributed by atoms with Crippen molar-refractivity contribution in [3.8, 4) is 5.75 Å². The molecule has 112 valence electrons. The van der Waals surface area contributed by atoms with Gasteiger partial charge in [-0.3, -0.25) is 0 Å². The molecule has 0 aliphatic carbocycles. The zero-order valence-corrected chi connectivity index (χ0v) is 13.3. The van der Waals surface area contributed by atoms with Crippen molar-refractivity contribution in [2.24, 2.45) is 5.92 Å². The molecule has 1 aliphatic rings. The number of hydrogen-bond donors (Lipinski definition) is 1. The van der Waals surface area contributed by atoms with E-state index in [1.165, 1.54) is 18.4 Å². The second kappa shape index (κ2) is 6.17. The maximum Gasteiger partial charge on any atom is 0.123 e. The molecule has 2 heteroatoms. The summed E-state index contributed by atoms with van der Waals surface area (Å²) in [6.07, 6.45) is 5.09. The average molecular weight is 276 g/mol. The van der Waals surface area contributed by atoms with E-state index in [1.54, 1.807) is 0 Å². The second-order valence-electron chi connectivity index (χ2n) is 6.66. The summed E-state index contributed by atoms with van der Waals surface area (Å²) >= 11 is 0. The van der Waals surface area contributed by atoms with Crippen LogP contribution in [0.4, 0.5) is 0 Å². The van der Waals surface area contributed by atoms with E-state index < -0.39 is 0 Å². The van der Waals surface area contributed by atoms with Crippen LogP contribution in [0, 0.1) is 5.92 Å². The standard InChI is InChI=1S/C18H28O2/c1-5-7-8-13(6-2)17(19)14-9-10-16-15(11-14)12-18(3,4)20-16/h9-11,13,17,19H,5-8,12H2,1-4H3. The number of hydrogen-bond acceptors (Lipinski definition) is 2. The molecule has 2 unspecified atom stereocenters. The summed E-state index contributed by atoms with van der Waals surface area (Å²) < 4.78 is 5.90. The zero-order chi connectivity index (χ0) is 14.8. The van der Waals surface area contributed by atoms with E-state index in [9.17, 15) is 5.11 Å². The van der Waals surface area contributed by atoms with Gasteiger partial charge in [0.2, 0.25) is 0 Å². The summed E-state index contributed by atoms with van der Waals surface area (Å²) in [4.78, 5) is 0. The molecule has 0 aromatic heterocycles. The highest BCUT2D eigenvalue weighted by Crippen LogP contribution is 2.38. The van der Waals surface area contributed by atoms with Gasteiger partial charge in [0.15, 0.2) is 0 Å². The molecule has 1 aliphatic heterocycles. The molecule has 0 saturated carbocycles. The number of aliphatic hydroxyl groups is 1. The highest BCUT2D eigenvalue weighted by molar-refractivity contribution is 5.42. The molecule has 0 saturated heterocycles. The molecule has 1 aromatic rings. The number of unbranched alkanes of at least 4 members (excludes halogenated alkanes) is 1. The van der Waals surface area contributed by atoms with Gasteiger partial charge in [0.1, 0.15) is 11.4 Å². The Morgan fingerprint density at radius 2 is 2.05 bits per heavy atom. The van der Waals surface area contributed by atoms with Crippen LogP contribution >= 0.6 is 0 Å². The Hall–Kier alpha value is -1.02. The van der Waals surface area contributed by atoms with E-state index in [0.29, 0.717) is 5.92 Å². The van der Waals surface area contributed by atoms with Crippen LogP contribution in [0.15, 0.2) is 18.2 Å². The number of fused-ring (bicyclic) bond motifs is 1. The quantitative estimate of drug-likeness (QED) is 0.819. The third kappa shape index (κ3) is 3.35. The minimum atomic E-state index is -0.347. The van der Waals surface area contributed by atoms with Crippen molar-refractivity contribution in [1.29, 1.82) is 0 Å². The maximum atomic E-state index is 10.6. The van der Waals surface area contributed by atoms with Crippen molar-refractivity contribution in [3.05, 3.63) is 29.3 Å².